The molecule has 0 aliphatic carbocycles. The van der Waals surface area contributed by atoms with E-state index in [1.165, 1.54) is 0 Å². The third kappa shape index (κ3) is 2.30. The molecule has 1 heterocycles. The van der Waals surface area contributed by atoms with Crippen LogP contribution < -0.4 is 0 Å². The van der Waals surface area contributed by atoms with E-state index < -0.39 is 0 Å². The summed E-state index contributed by atoms with van der Waals surface area (Å²) in [5.74, 6) is 0. The van der Waals surface area contributed by atoms with Crippen molar-refractivity contribution in [2.75, 3.05) is 0 Å². The molecule has 0 radical (unpaired) electrons. The quantitative estimate of drug-likeness (QED) is 0.641. The molecule has 94 valence electrons. The first kappa shape index (κ1) is 12.1. The lowest BCUT2D eigenvalue weighted by Crippen LogP contribution is -1.85. The van der Waals surface area contributed by atoms with E-state index in [4.69, 9.17) is 0 Å². The maximum Gasteiger partial charge on any atom is 0.0998 e. The van der Waals surface area contributed by atoms with Crippen molar-refractivity contribution in [3.63, 3.8) is 0 Å². The van der Waals surface area contributed by atoms with Gasteiger partial charge in [0.15, 0.2) is 0 Å². The number of pyridine rings is 1. The van der Waals surface area contributed by atoms with Gasteiger partial charge in [-0.25, -0.2) is 0 Å². The van der Waals surface area contributed by atoms with Crippen LogP contribution in [0.15, 0.2) is 66.9 Å². The molecule has 0 amide bonds. The van der Waals surface area contributed by atoms with Crippen LogP contribution in [0.25, 0.3) is 22.6 Å². The summed E-state index contributed by atoms with van der Waals surface area (Å²) in [6, 6.07) is 21.8. The predicted molar refractivity (Wildman–Crippen MR) is 81.7 cm³/mol. The summed E-state index contributed by atoms with van der Waals surface area (Å²) in [5.41, 5.74) is 3.53. The van der Waals surface area contributed by atoms with Gasteiger partial charge < -0.3 is 0 Å². The molecule has 0 atom stereocenters. The fraction of sp³-hybridized carbons (Fsp3) is 0. The van der Waals surface area contributed by atoms with Gasteiger partial charge in [0.25, 0.3) is 0 Å². The largest absolute Gasteiger partial charge is 0.256 e. The maximum absolute atomic E-state index is 9.38. The number of rotatable bonds is 2. The van der Waals surface area contributed by atoms with Crippen LogP contribution in [0.4, 0.5) is 0 Å². The number of fused-ring (bicyclic) bond motifs is 1. The maximum atomic E-state index is 9.38. The first-order valence-electron chi connectivity index (χ1n) is 6.39. The number of para-hydroxylation sites is 1. The van der Waals surface area contributed by atoms with Crippen molar-refractivity contribution in [3.8, 4) is 6.07 Å². The van der Waals surface area contributed by atoms with Crippen molar-refractivity contribution in [1.29, 1.82) is 5.26 Å². The van der Waals surface area contributed by atoms with E-state index in [9.17, 15) is 5.26 Å². The van der Waals surface area contributed by atoms with Crippen LogP contribution in [0, 0.1) is 11.3 Å². The lowest BCUT2D eigenvalue weighted by Gasteiger charge is -2.03. The van der Waals surface area contributed by atoms with Crippen LogP contribution >= 0.6 is 0 Å². The van der Waals surface area contributed by atoms with Gasteiger partial charge in [-0.2, -0.15) is 5.26 Å². The summed E-state index contributed by atoms with van der Waals surface area (Å²) >= 11 is 0. The molecule has 3 rings (SSSR count). The molecular formula is C18H12N2. The second-order valence-electron chi connectivity index (χ2n) is 4.45. The smallest absolute Gasteiger partial charge is 0.0998 e. The molecule has 0 saturated heterocycles. The lowest BCUT2D eigenvalue weighted by atomic mass is 10.0. The van der Waals surface area contributed by atoms with Gasteiger partial charge in [0.1, 0.15) is 0 Å². The van der Waals surface area contributed by atoms with Crippen LogP contribution in [-0.4, -0.2) is 4.98 Å². The number of nitriles is 1. The van der Waals surface area contributed by atoms with Crippen LogP contribution in [0.3, 0.4) is 0 Å². The summed E-state index contributed by atoms with van der Waals surface area (Å²) in [6.45, 7) is 0. The van der Waals surface area contributed by atoms with Gasteiger partial charge >= 0.3 is 0 Å². The van der Waals surface area contributed by atoms with Gasteiger partial charge in [-0.3, -0.25) is 4.98 Å². The minimum absolute atomic E-state index is 0.655. The monoisotopic (exact) mass is 256 g/mol. The Bertz CT molecular complexity index is 806. The molecule has 0 bridgehead atoms. The van der Waals surface area contributed by atoms with Crippen molar-refractivity contribution < 1.29 is 0 Å². The zero-order valence-electron chi connectivity index (χ0n) is 10.8. The van der Waals surface area contributed by atoms with E-state index in [1.54, 1.807) is 6.20 Å². The molecule has 1 aromatic heterocycles. The minimum atomic E-state index is 0.655. The van der Waals surface area contributed by atoms with Crippen molar-refractivity contribution in [3.05, 3.63) is 78.0 Å². The highest BCUT2D eigenvalue weighted by Gasteiger charge is 2.03. The number of hydrogen-bond donors (Lipinski definition) is 0. The van der Waals surface area contributed by atoms with Crippen molar-refractivity contribution in [1.82, 2.24) is 4.98 Å². The standard InChI is InChI=1S/C18H12N2/c19-13-16(14-6-2-1-3-7-14)12-15-10-11-20-18-9-5-4-8-17(15)18/h1-12H. The van der Waals surface area contributed by atoms with E-state index in [0.717, 1.165) is 22.0 Å². The van der Waals surface area contributed by atoms with Crippen LogP contribution in [0.5, 0.6) is 0 Å². The summed E-state index contributed by atoms with van der Waals surface area (Å²) in [5, 5.41) is 10.4. The van der Waals surface area contributed by atoms with Crippen LogP contribution in [-0.2, 0) is 0 Å². The fourth-order valence-corrected chi connectivity index (χ4v) is 2.20. The molecule has 2 aromatic carbocycles. The Labute approximate surface area is 117 Å². The second kappa shape index (κ2) is 5.38. The van der Waals surface area contributed by atoms with E-state index in [-0.39, 0.29) is 0 Å². The highest BCUT2D eigenvalue weighted by molar-refractivity contribution is 5.97. The highest BCUT2D eigenvalue weighted by atomic mass is 14.6. The third-order valence-electron chi connectivity index (χ3n) is 3.19. The van der Waals surface area contributed by atoms with Gasteiger partial charge in [0.2, 0.25) is 0 Å². The number of aromatic nitrogens is 1. The summed E-state index contributed by atoms with van der Waals surface area (Å²) in [6.07, 6.45) is 3.69. The summed E-state index contributed by atoms with van der Waals surface area (Å²) < 4.78 is 0. The SMILES string of the molecule is N#CC(=Cc1ccnc2ccccc12)c1ccccc1. The first-order valence-corrected chi connectivity index (χ1v) is 6.39. The predicted octanol–water partition coefficient (Wildman–Crippen LogP) is 4.30. The minimum Gasteiger partial charge on any atom is -0.256 e. The molecule has 3 aromatic rings. The Kier molecular flexibility index (Phi) is 3.26. The second-order valence-corrected chi connectivity index (χ2v) is 4.45. The number of hydrogen-bond acceptors (Lipinski definition) is 2. The van der Waals surface area contributed by atoms with E-state index in [0.29, 0.717) is 5.57 Å². The molecule has 20 heavy (non-hydrogen) atoms. The van der Waals surface area contributed by atoms with Crippen molar-refractivity contribution in [2.45, 2.75) is 0 Å². The number of benzene rings is 2. The highest BCUT2D eigenvalue weighted by Crippen LogP contribution is 2.22. The molecular weight excluding hydrogens is 244 g/mol. The number of allylic oxidation sites excluding steroid dienone is 1. The Morgan fingerprint density at radius 2 is 1.70 bits per heavy atom. The van der Waals surface area contributed by atoms with Crippen molar-refractivity contribution >= 4 is 22.6 Å². The average molecular weight is 256 g/mol. The molecule has 0 unspecified atom stereocenters. The molecule has 0 aliphatic rings. The Morgan fingerprint density at radius 1 is 0.950 bits per heavy atom. The molecule has 0 N–H and O–H groups in total. The Morgan fingerprint density at radius 3 is 2.50 bits per heavy atom. The van der Waals surface area contributed by atoms with Gasteiger partial charge in [0, 0.05) is 11.6 Å². The Balaban J connectivity index is 2.16. The molecule has 0 aliphatic heterocycles. The van der Waals surface area contributed by atoms with Gasteiger partial charge in [-0.1, -0.05) is 48.5 Å². The average Bonchev–Trinajstić information content (AvgIpc) is 2.53. The molecule has 2 nitrogen and oxygen atoms in total. The summed E-state index contributed by atoms with van der Waals surface area (Å²) in [7, 11) is 0. The molecule has 2 heteroatoms. The van der Waals surface area contributed by atoms with Crippen LogP contribution in [0.1, 0.15) is 11.1 Å². The molecule has 0 fully saturated rings. The first-order chi connectivity index (χ1) is 9.88. The zero-order valence-corrected chi connectivity index (χ0v) is 10.8. The zero-order chi connectivity index (χ0) is 13.8. The third-order valence-corrected chi connectivity index (χ3v) is 3.19. The fourth-order valence-electron chi connectivity index (χ4n) is 2.20. The molecule has 0 spiro atoms. The topological polar surface area (TPSA) is 36.7 Å². The lowest BCUT2D eigenvalue weighted by molar-refractivity contribution is 1.41. The van der Waals surface area contributed by atoms with Crippen LogP contribution in [0.2, 0.25) is 0 Å². The van der Waals surface area contributed by atoms with Crippen molar-refractivity contribution in [2.24, 2.45) is 0 Å². The Hall–Kier alpha value is -2.92. The van der Waals surface area contributed by atoms with E-state index >= 15 is 0 Å². The van der Waals surface area contributed by atoms with E-state index in [2.05, 4.69) is 11.1 Å². The normalized spacial score (nSPS) is 11.2. The van der Waals surface area contributed by atoms with Gasteiger partial charge in [-0.15, -0.1) is 0 Å². The molecule has 0 saturated carbocycles. The van der Waals surface area contributed by atoms with E-state index in [1.807, 2.05) is 66.7 Å². The number of nitrogens with zero attached hydrogens (tertiary/aromatic N) is 2. The van der Waals surface area contributed by atoms with Gasteiger partial charge in [-0.05, 0) is 29.3 Å². The van der Waals surface area contributed by atoms with Gasteiger partial charge in [0.05, 0.1) is 17.2 Å². The summed E-state index contributed by atoms with van der Waals surface area (Å²) in [4.78, 5) is 4.34.